The van der Waals surface area contributed by atoms with Crippen molar-refractivity contribution in [2.75, 3.05) is 0 Å². The minimum atomic E-state index is -0.895. The standard InChI is InChI=1S/C11H24.C8H16O3/c1-3-5-7-9-11-10-8-6-4-2;1-3-4-5-7(6(2)9)8(10)11/h3-11H2,1-2H3;6-7,9H,3-5H2,1-2H3,(H,10,11). The van der Waals surface area contributed by atoms with E-state index in [9.17, 15) is 4.79 Å². The molecule has 3 nitrogen and oxygen atoms in total. The lowest BCUT2D eigenvalue weighted by Crippen LogP contribution is -2.25. The summed E-state index contributed by atoms with van der Waals surface area (Å²) < 4.78 is 0. The lowest BCUT2D eigenvalue weighted by molar-refractivity contribution is -0.145. The lowest BCUT2D eigenvalue weighted by Gasteiger charge is -2.13. The molecule has 2 N–H and O–H groups in total. The van der Waals surface area contributed by atoms with Crippen molar-refractivity contribution < 1.29 is 15.0 Å². The zero-order valence-electron chi connectivity index (χ0n) is 15.4. The number of carboxylic acids is 1. The molecular weight excluding hydrogens is 276 g/mol. The Morgan fingerprint density at radius 3 is 1.41 bits per heavy atom. The number of carboxylic acid groups (broad SMARTS) is 1. The van der Waals surface area contributed by atoms with Crippen LogP contribution in [0, 0.1) is 5.92 Å². The third-order valence-corrected chi connectivity index (χ3v) is 3.98. The van der Waals surface area contributed by atoms with E-state index in [4.69, 9.17) is 10.2 Å². The van der Waals surface area contributed by atoms with Gasteiger partial charge in [-0.25, -0.2) is 0 Å². The third-order valence-electron chi connectivity index (χ3n) is 3.98. The van der Waals surface area contributed by atoms with Crippen molar-refractivity contribution in [2.45, 2.75) is 111 Å². The largest absolute Gasteiger partial charge is 0.481 e. The summed E-state index contributed by atoms with van der Waals surface area (Å²) in [5.74, 6) is -1.48. The van der Waals surface area contributed by atoms with E-state index in [-0.39, 0.29) is 0 Å². The molecule has 0 fully saturated rings. The first-order valence-corrected chi connectivity index (χ1v) is 9.41. The summed E-state index contributed by atoms with van der Waals surface area (Å²) in [6.07, 6.45) is 14.6. The average Bonchev–Trinajstić information content (AvgIpc) is 2.47. The first kappa shape index (κ1) is 23.7. The van der Waals surface area contributed by atoms with Gasteiger partial charge in [-0.2, -0.15) is 0 Å². The van der Waals surface area contributed by atoms with E-state index in [2.05, 4.69) is 13.8 Å². The van der Waals surface area contributed by atoms with Crippen molar-refractivity contribution in [1.29, 1.82) is 0 Å². The van der Waals surface area contributed by atoms with E-state index in [1.807, 2.05) is 6.92 Å². The summed E-state index contributed by atoms with van der Waals surface area (Å²) in [6.45, 7) is 8.07. The topological polar surface area (TPSA) is 57.5 Å². The van der Waals surface area contributed by atoms with Gasteiger partial charge in [-0.1, -0.05) is 91.4 Å². The average molecular weight is 317 g/mol. The number of aliphatic hydroxyl groups is 1. The van der Waals surface area contributed by atoms with E-state index in [1.54, 1.807) is 0 Å². The molecule has 0 spiro atoms. The molecule has 0 aromatic rings. The quantitative estimate of drug-likeness (QED) is 0.422. The second-order valence-corrected chi connectivity index (χ2v) is 6.30. The van der Waals surface area contributed by atoms with Gasteiger partial charge in [0.2, 0.25) is 0 Å². The van der Waals surface area contributed by atoms with Crippen molar-refractivity contribution in [2.24, 2.45) is 5.92 Å². The molecule has 0 aliphatic heterocycles. The van der Waals surface area contributed by atoms with Crippen molar-refractivity contribution in [3.8, 4) is 0 Å². The summed E-state index contributed by atoms with van der Waals surface area (Å²) in [5, 5.41) is 17.6. The van der Waals surface area contributed by atoms with Crippen LogP contribution in [0.5, 0.6) is 0 Å². The van der Waals surface area contributed by atoms with Crippen LogP contribution in [-0.4, -0.2) is 22.3 Å². The van der Waals surface area contributed by atoms with Crippen LogP contribution in [0.1, 0.15) is 105 Å². The Labute approximate surface area is 138 Å². The van der Waals surface area contributed by atoms with E-state index in [1.165, 1.54) is 64.7 Å². The van der Waals surface area contributed by atoms with Gasteiger partial charge in [0.05, 0.1) is 12.0 Å². The molecule has 0 rings (SSSR count). The first-order chi connectivity index (χ1) is 10.5. The second kappa shape index (κ2) is 18.5. The van der Waals surface area contributed by atoms with Gasteiger partial charge in [0, 0.05) is 0 Å². The fraction of sp³-hybridized carbons (Fsp3) is 0.947. The van der Waals surface area contributed by atoms with Crippen LogP contribution in [-0.2, 0) is 4.79 Å². The summed E-state index contributed by atoms with van der Waals surface area (Å²) in [5.41, 5.74) is 0. The molecule has 0 aliphatic rings. The van der Waals surface area contributed by atoms with Gasteiger partial charge < -0.3 is 10.2 Å². The Balaban J connectivity index is 0. The minimum Gasteiger partial charge on any atom is -0.481 e. The molecule has 0 aliphatic carbocycles. The van der Waals surface area contributed by atoms with Gasteiger partial charge in [0.25, 0.3) is 0 Å². The highest BCUT2D eigenvalue weighted by Crippen LogP contribution is 2.12. The molecule has 0 amide bonds. The maximum atomic E-state index is 10.5. The molecular formula is C19H40O3. The maximum Gasteiger partial charge on any atom is 0.309 e. The Morgan fingerprint density at radius 1 is 0.773 bits per heavy atom. The van der Waals surface area contributed by atoms with Crippen LogP contribution in [0.15, 0.2) is 0 Å². The number of hydrogen-bond acceptors (Lipinski definition) is 2. The Morgan fingerprint density at radius 2 is 1.14 bits per heavy atom. The second-order valence-electron chi connectivity index (χ2n) is 6.30. The fourth-order valence-corrected chi connectivity index (χ4v) is 2.38. The van der Waals surface area contributed by atoms with Crippen LogP contribution in [0.3, 0.4) is 0 Å². The molecule has 0 saturated heterocycles. The number of aliphatic hydroxyl groups excluding tert-OH is 1. The van der Waals surface area contributed by atoms with Gasteiger partial charge >= 0.3 is 5.97 Å². The highest BCUT2D eigenvalue weighted by molar-refractivity contribution is 5.70. The SMILES string of the molecule is CCCCC(C(=O)O)C(C)O.CCCCCCCCCCC. The van der Waals surface area contributed by atoms with Crippen LogP contribution in [0.25, 0.3) is 0 Å². The fourth-order valence-electron chi connectivity index (χ4n) is 2.38. The van der Waals surface area contributed by atoms with E-state index in [0.717, 1.165) is 12.8 Å². The third kappa shape index (κ3) is 17.5. The molecule has 0 aromatic heterocycles. The number of rotatable bonds is 13. The zero-order valence-corrected chi connectivity index (χ0v) is 15.4. The molecule has 0 heterocycles. The summed E-state index contributed by atoms with van der Waals surface area (Å²) >= 11 is 0. The van der Waals surface area contributed by atoms with E-state index in [0.29, 0.717) is 6.42 Å². The summed E-state index contributed by atoms with van der Waals surface area (Å²) in [7, 11) is 0. The van der Waals surface area contributed by atoms with Gasteiger partial charge in [0.15, 0.2) is 0 Å². The molecule has 0 aromatic carbocycles. The van der Waals surface area contributed by atoms with Gasteiger partial charge in [-0.15, -0.1) is 0 Å². The Kier molecular flexibility index (Phi) is 19.9. The van der Waals surface area contributed by atoms with Crippen LogP contribution in [0.2, 0.25) is 0 Å². The molecule has 0 bridgehead atoms. The smallest absolute Gasteiger partial charge is 0.309 e. The van der Waals surface area contributed by atoms with Crippen LogP contribution < -0.4 is 0 Å². The normalized spacial score (nSPS) is 13.1. The number of aliphatic carboxylic acids is 1. The highest BCUT2D eigenvalue weighted by atomic mass is 16.4. The number of carbonyl (C=O) groups is 1. The monoisotopic (exact) mass is 316 g/mol. The van der Waals surface area contributed by atoms with Gasteiger partial charge in [0.1, 0.15) is 0 Å². The molecule has 2 unspecified atom stereocenters. The summed E-state index contributed by atoms with van der Waals surface area (Å²) in [4.78, 5) is 10.5. The molecule has 22 heavy (non-hydrogen) atoms. The highest BCUT2D eigenvalue weighted by Gasteiger charge is 2.21. The molecule has 0 saturated carbocycles. The summed E-state index contributed by atoms with van der Waals surface area (Å²) in [6, 6.07) is 0. The number of hydrogen-bond donors (Lipinski definition) is 2. The van der Waals surface area contributed by atoms with Gasteiger partial charge in [-0.3, -0.25) is 4.79 Å². The van der Waals surface area contributed by atoms with Crippen molar-refractivity contribution in [3.63, 3.8) is 0 Å². The van der Waals surface area contributed by atoms with E-state index >= 15 is 0 Å². The Bertz CT molecular complexity index is 219. The van der Waals surface area contributed by atoms with Crippen LogP contribution in [0.4, 0.5) is 0 Å². The maximum absolute atomic E-state index is 10.5. The van der Waals surface area contributed by atoms with E-state index < -0.39 is 18.0 Å². The number of unbranched alkanes of at least 4 members (excludes halogenated alkanes) is 9. The lowest BCUT2D eigenvalue weighted by atomic mass is 9.97. The van der Waals surface area contributed by atoms with Gasteiger partial charge in [-0.05, 0) is 13.3 Å². The van der Waals surface area contributed by atoms with Crippen molar-refractivity contribution in [1.82, 2.24) is 0 Å². The van der Waals surface area contributed by atoms with Crippen molar-refractivity contribution >= 4 is 5.97 Å². The van der Waals surface area contributed by atoms with Crippen LogP contribution >= 0.6 is 0 Å². The predicted octanol–water partition coefficient (Wildman–Crippen LogP) is 5.80. The predicted molar refractivity (Wildman–Crippen MR) is 95.2 cm³/mol. The molecule has 3 heteroatoms. The molecule has 134 valence electrons. The first-order valence-electron chi connectivity index (χ1n) is 9.41. The minimum absolute atomic E-state index is 0.573. The molecule has 0 radical (unpaired) electrons. The molecule has 2 atom stereocenters. The van der Waals surface area contributed by atoms with Crippen molar-refractivity contribution in [3.05, 3.63) is 0 Å². The zero-order chi connectivity index (χ0) is 17.2. The Hall–Kier alpha value is -0.570.